The monoisotopic (exact) mass is 227 g/mol. The predicted octanol–water partition coefficient (Wildman–Crippen LogP) is 1.69. The topological polar surface area (TPSA) is 41.5 Å². The molecule has 4 atom stereocenters. The zero-order chi connectivity index (χ0) is 11.6. The quantitative estimate of drug-likeness (QED) is 0.768. The minimum atomic E-state index is -0.635. The number of aliphatic hydroxyl groups is 1. The third-order valence-electron chi connectivity index (χ3n) is 4.47. The smallest absolute Gasteiger partial charge is 0.105 e. The van der Waals surface area contributed by atoms with Gasteiger partial charge in [-0.25, -0.2) is 0 Å². The fourth-order valence-corrected chi connectivity index (χ4v) is 2.96. The molecule has 3 nitrogen and oxygen atoms in total. The van der Waals surface area contributed by atoms with Gasteiger partial charge >= 0.3 is 0 Å². The van der Waals surface area contributed by atoms with Crippen LogP contribution in [0.2, 0.25) is 0 Å². The highest BCUT2D eigenvalue weighted by Gasteiger charge is 2.40. The fourth-order valence-electron chi connectivity index (χ4n) is 2.96. The lowest BCUT2D eigenvalue weighted by molar-refractivity contribution is -0.0276. The zero-order valence-electron chi connectivity index (χ0n) is 10.5. The van der Waals surface area contributed by atoms with Gasteiger partial charge in [0.05, 0.1) is 6.10 Å². The van der Waals surface area contributed by atoms with Gasteiger partial charge < -0.3 is 15.2 Å². The molecule has 2 rings (SSSR count). The van der Waals surface area contributed by atoms with Crippen LogP contribution in [0, 0.1) is 5.92 Å². The normalized spacial score (nSPS) is 44.1. The van der Waals surface area contributed by atoms with Gasteiger partial charge in [-0.05, 0) is 32.1 Å². The molecule has 0 bridgehead atoms. The summed E-state index contributed by atoms with van der Waals surface area (Å²) in [6.45, 7) is 5.63. The van der Waals surface area contributed by atoms with E-state index in [2.05, 4.69) is 12.2 Å². The molecular formula is C13H25NO2. The van der Waals surface area contributed by atoms with Crippen LogP contribution in [0.3, 0.4) is 0 Å². The first-order valence-corrected chi connectivity index (χ1v) is 6.71. The summed E-state index contributed by atoms with van der Waals surface area (Å²) in [4.78, 5) is 0. The molecule has 0 spiro atoms. The van der Waals surface area contributed by atoms with Crippen molar-refractivity contribution in [1.82, 2.24) is 5.32 Å². The summed E-state index contributed by atoms with van der Waals surface area (Å²) in [7, 11) is 0. The fraction of sp³-hybridized carbons (Fsp3) is 1.00. The Morgan fingerprint density at radius 1 is 1.44 bits per heavy atom. The molecule has 0 amide bonds. The lowest BCUT2D eigenvalue weighted by Crippen LogP contribution is -2.48. The SMILES string of the molecule is CCC1CCC(NCC2(O)CCOC2C)C1. The lowest BCUT2D eigenvalue weighted by Gasteiger charge is -2.28. The lowest BCUT2D eigenvalue weighted by atomic mass is 9.96. The molecule has 1 aliphatic carbocycles. The van der Waals surface area contributed by atoms with Crippen LogP contribution in [-0.4, -0.2) is 36.0 Å². The van der Waals surface area contributed by atoms with Gasteiger partial charge in [0, 0.05) is 25.6 Å². The number of hydrogen-bond donors (Lipinski definition) is 2. The second-order valence-corrected chi connectivity index (χ2v) is 5.53. The Balaban J connectivity index is 1.75. The van der Waals surface area contributed by atoms with Crippen molar-refractivity contribution in [2.45, 2.75) is 63.7 Å². The van der Waals surface area contributed by atoms with Crippen LogP contribution in [0.25, 0.3) is 0 Å². The first-order chi connectivity index (χ1) is 7.64. The molecule has 2 aliphatic rings. The van der Waals surface area contributed by atoms with E-state index < -0.39 is 5.60 Å². The third kappa shape index (κ3) is 2.58. The molecule has 0 aromatic heterocycles. The molecule has 1 heterocycles. The molecule has 94 valence electrons. The summed E-state index contributed by atoms with van der Waals surface area (Å²) in [6, 6.07) is 0.613. The van der Waals surface area contributed by atoms with Crippen molar-refractivity contribution >= 4 is 0 Å². The van der Waals surface area contributed by atoms with E-state index in [9.17, 15) is 5.11 Å². The van der Waals surface area contributed by atoms with Crippen molar-refractivity contribution in [2.24, 2.45) is 5.92 Å². The summed E-state index contributed by atoms with van der Waals surface area (Å²) in [5.41, 5.74) is -0.635. The minimum absolute atomic E-state index is 0.0247. The van der Waals surface area contributed by atoms with Crippen LogP contribution in [0.15, 0.2) is 0 Å². The van der Waals surface area contributed by atoms with Gasteiger partial charge in [-0.3, -0.25) is 0 Å². The Morgan fingerprint density at radius 2 is 2.25 bits per heavy atom. The van der Waals surface area contributed by atoms with Crippen LogP contribution >= 0.6 is 0 Å². The molecule has 1 saturated carbocycles. The van der Waals surface area contributed by atoms with Crippen molar-refractivity contribution in [3.8, 4) is 0 Å². The average Bonchev–Trinajstić information content (AvgIpc) is 2.85. The minimum Gasteiger partial charge on any atom is -0.386 e. The molecule has 1 saturated heterocycles. The van der Waals surface area contributed by atoms with Gasteiger partial charge in [-0.2, -0.15) is 0 Å². The van der Waals surface area contributed by atoms with Crippen molar-refractivity contribution in [3.63, 3.8) is 0 Å². The van der Waals surface area contributed by atoms with E-state index in [1.807, 2.05) is 6.92 Å². The highest BCUT2D eigenvalue weighted by Crippen LogP contribution is 2.29. The Bertz CT molecular complexity index is 234. The number of nitrogens with one attached hydrogen (secondary N) is 1. The summed E-state index contributed by atoms with van der Waals surface area (Å²) in [5.74, 6) is 0.893. The molecule has 4 unspecified atom stereocenters. The van der Waals surface area contributed by atoms with E-state index in [4.69, 9.17) is 4.74 Å². The van der Waals surface area contributed by atoms with Crippen molar-refractivity contribution in [3.05, 3.63) is 0 Å². The summed E-state index contributed by atoms with van der Waals surface area (Å²) >= 11 is 0. The molecule has 0 aromatic rings. The first-order valence-electron chi connectivity index (χ1n) is 6.71. The largest absolute Gasteiger partial charge is 0.386 e. The Morgan fingerprint density at radius 3 is 2.81 bits per heavy atom. The van der Waals surface area contributed by atoms with Crippen molar-refractivity contribution in [1.29, 1.82) is 0 Å². The highest BCUT2D eigenvalue weighted by atomic mass is 16.5. The number of hydrogen-bond acceptors (Lipinski definition) is 3. The Labute approximate surface area is 98.6 Å². The van der Waals surface area contributed by atoms with Crippen LogP contribution in [-0.2, 0) is 4.74 Å². The van der Waals surface area contributed by atoms with E-state index in [1.165, 1.54) is 25.7 Å². The van der Waals surface area contributed by atoms with Crippen LogP contribution in [0.5, 0.6) is 0 Å². The summed E-state index contributed by atoms with van der Waals surface area (Å²) in [5, 5.41) is 13.9. The molecule has 2 N–H and O–H groups in total. The van der Waals surface area contributed by atoms with Gasteiger partial charge in [-0.1, -0.05) is 13.3 Å². The standard InChI is InChI=1S/C13H25NO2/c1-3-11-4-5-12(8-11)14-9-13(15)6-7-16-10(13)2/h10-12,14-15H,3-9H2,1-2H3. The number of ether oxygens (including phenoxy) is 1. The second kappa shape index (κ2) is 5.03. The van der Waals surface area contributed by atoms with E-state index in [-0.39, 0.29) is 6.10 Å². The molecule has 1 aliphatic heterocycles. The zero-order valence-corrected chi connectivity index (χ0v) is 10.5. The summed E-state index contributed by atoms with van der Waals surface area (Å²) < 4.78 is 5.44. The summed E-state index contributed by atoms with van der Waals surface area (Å²) in [6.07, 6.45) is 5.93. The Kier molecular flexibility index (Phi) is 3.88. The molecular weight excluding hydrogens is 202 g/mol. The maximum atomic E-state index is 10.4. The Hall–Kier alpha value is -0.120. The van der Waals surface area contributed by atoms with Crippen LogP contribution in [0.1, 0.15) is 46.0 Å². The van der Waals surface area contributed by atoms with E-state index in [1.54, 1.807) is 0 Å². The second-order valence-electron chi connectivity index (χ2n) is 5.53. The van der Waals surface area contributed by atoms with Gasteiger partial charge in [0.1, 0.15) is 5.60 Å². The highest BCUT2D eigenvalue weighted by molar-refractivity contribution is 4.93. The molecule has 2 fully saturated rings. The molecule has 0 radical (unpaired) electrons. The van der Waals surface area contributed by atoms with Crippen LogP contribution < -0.4 is 5.32 Å². The number of rotatable bonds is 4. The van der Waals surface area contributed by atoms with Crippen molar-refractivity contribution in [2.75, 3.05) is 13.2 Å². The molecule has 3 heteroatoms. The molecule has 0 aromatic carbocycles. The van der Waals surface area contributed by atoms with Crippen LogP contribution in [0.4, 0.5) is 0 Å². The van der Waals surface area contributed by atoms with E-state index >= 15 is 0 Å². The van der Waals surface area contributed by atoms with Crippen molar-refractivity contribution < 1.29 is 9.84 Å². The van der Waals surface area contributed by atoms with Gasteiger partial charge in [-0.15, -0.1) is 0 Å². The maximum Gasteiger partial charge on any atom is 0.105 e. The first kappa shape index (κ1) is 12.3. The molecule has 16 heavy (non-hydrogen) atoms. The third-order valence-corrected chi connectivity index (χ3v) is 4.47. The van der Waals surface area contributed by atoms with Gasteiger partial charge in [0.2, 0.25) is 0 Å². The van der Waals surface area contributed by atoms with Gasteiger partial charge in [0.15, 0.2) is 0 Å². The average molecular weight is 227 g/mol. The predicted molar refractivity (Wildman–Crippen MR) is 64.4 cm³/mol. The van der Waals surface area contributed by atoms with E-state index in [0.717, 1.165) is 12.3 Å². The van der Waals surface area contributed by atoms with E-state index in [0.29, 0.717) is 19.2 Å². The van der Waals surface area contributed by atoms with Gasteiger partial charge in [0.25, 0.3) is 0 Å². The maximum absolute atomic E-state index is 10.4.